The van der Waals surface area contributed by atoms with E-state index in [4.69, 9.17) is 4.43 Å². The number of halogens is 1. The Morgan fingerprint density at radius 3 is 1.63 bits per heavy atom. The van der Waals surface area contributed by atoms with E-state index in [1.54, 1.807) is 0 Å². The highest BCUT2D eigenvalue weighted by Gasteiger charge is 2.34. The lowest BCUT2D eigenvalue weighted by Gasteiger charge is -2.35. The fourth-order valence-corrected chi connectivity index (χ4v) is 8.63. The first-order chi connectivity index (χ1) is 9.14. The first-order valence-corrected chi connectivity index (χ1v) is 12.4. The van der Waals surface area contributed by atoms with Gasteiger partial charge in [0.2, 0.25) is 0 Å². The molecule has 0 aromatic carbocycles. The van der Waals surface area contributed by atoms with E-state index in [0.29, 0.717) is 6.10 Å². The Kier molecular flexibility index (Phi) is 13.2. The molecule has 0 aromatic rings. The molecular weight excluding hydrogens is 363 g/mol. The lowest BCUT2D eigenvalue weighted by molar-refractivity contribution is 0.200. The summed E-state index contributed by atoms with van der Waals surface area (Å²) in [5.74, 6) is 0. The largest absolute Gasteiger partial charge is 0.414 e. The molecule has 0 fully saturated rings. The Morgan fingerprint density at radius 1 is 0.895 bits per heavy atom. The molecule has 0 heterocycles. The van der Waals surface area contributed by atoms with Gasteiger partial charge in [-0.3, -0.25) is 0 Å². The van der Waals surface area contributed by atoms with E-state index >= 15 is 0 Å². The molecule has 0 aliphatic carbocycles. The van der Waals surface area contributed by atoms with Crippen LogP contribution in [-0.2, 0) is 4.43 Å². The van der Waals surface area contributed by atoms with Crippen LogP contribution in [0.2, 0.25) is 18.1 Å². The van der Waals surface area contributed by atoms with Crippen LogP contribution in [0.4, 0.5) is 0 Å². The van der Waals surface area contributed by atoms with Crippen LogP contribution in [-0.4, -0.2) is 18.8 Å². The smallest absolute Gasteiger partial charge is 0.193 e. The first-order valence-electron chi connectivity index (χ1n) is 8.37. The Morgan fingerprint density at radius 2 is 1.32 bits per heavy atom. The molecule has 0 aliphatic heterocycles. The van der Waals surface area contributed by atoms with Gasteiger partial charge in [-0.2, -0.15) is 0 Å². The first kappa shape index (κ1) is 19.9. The maximum absolute atomic E-state index is 6.72. The number of hydrogen-bond donors (Lipinski definition) is 0. The van der Waals surface area contributed by atoms with Crippen molar-refractivity contribution in [3.63, 3.8) is 0 Å². The minimum Gasteiger partial charge on any atom is -0.414 e. The van der Waals surface area contributed by atoms with Gasteiger partial charge in [0.25, 0.3) is 0 Å². The van der Waals surface area contributed by atoms with Gasteiger partial charge in [0.05, 0.1) is 0 Å². The molecule has 0 aromatic heterocycles. The fourth-order valence-electron chi connectivity index (χ4n) is 2.69. The molecule has 0 amide bonds. The van der Waals surface area contributed by atoms with E-state index in [9.17, 15) is 0 Å². The summed E-state index contributed by atoms with van der Waals surface area (Å²) in [4.78, 5) is 0. The average molecular weight is 398 g/mol. The fraction of sp³-hybridized carbons (Fsp3) is 1.00. The van der Waals surface area contributed by atoms with E-state index in [1.807, 2.05) is 0 Å². The number of alkyl halides is 1. The molecule has 0 spiro atoms. The summed E-state index contributed by atoms with van der Waals surface area (Å²) in [6, 6.07) is 4.19. The van der Waals surface area contributed by atoms with Gasteiger partial charge in [0.1, 0.15) is 0 Å². The average Bonchev–Trinajstić information content (AvgIpc) is 2.40. The van der Waals surface area contributed by atoms with Crippen LogP contribution < -0.4 is 0 Å². The second kappa shape index (κ2) is 12.6. The molecule has 0 rings (SSSR count). The quantitative estimate of drug-likeness (QED) is 0.194. The van der Waals surface area contributed by atoms with Crippen LogP contribution in [0.1, 0.15) is 72.6 Å². The Labute approximate surface area is 136 Å². The Bertz CT molecular complexity index is 177. The number of unbranched alkanes of at least 4 members (excludes halogenated alkanes) is 3. The van der Waals surface area contributed by atoms with Crippen molar-refractivity contribution in [2.24, 2.45) is 0 Å². The van der Waals surface area contributed by atoms with Crippen molar-refractivity contribution in [1.29, 1.82) is 0 Å². The van der Waals surface area contributed by atoms with Crippen LogP contribution in [0.25, 0.3) is 0 Å². The molecule has 1 nitrogen and oxygen atoms in total. The minimum atomic E-state index is -1.46. The molecular formula is C16H35IOSi. The summed E-state index contributed by atoms with van der Waals surface area (Å²) < 4.78 is 7.94. The molecule has 0 unspecified atom stereocenters. The van der Waals surface area contributed by atoms with Gasteiger partial charge in [-0.15, -0.1) is 0 Å². The van der Waals surface area contributed by atoms with Gasteiger partial charge >= 0.3 is 0 Å². The van der Waals surface area contributed by atoms with Gasteiger partial charge in [0, 0.05) is 10.5 Å². The summed E-state index contributed by atoms with van der Waals surface area (Å²) in [5, 5.41) is 0. The van der Waals surface area contributed by atoms with Crippen molar-refractivity contribution in [3.8, 4) is 0 Å². The predicted molar refractivity (Wildman–Crippen MR) is 99.0 cm³/mol. The summed E-state index contributed by atoms with van der Waals surface area (Å²) in [7, 11) is -1.46. The predicted octanol–water partition coefficient (Wildman–Crippen LogP) is 6.56. The van der Waals surface area contributed by atoms with Gasteiger partial charge in [-0.25, -0.2) is 0 Å². The molecule has 0 saturated heterocycles. The normalized spacial score (nSPS) is 13.7. The summed E-state index contributed by atoms with van der Waals surface area (Å²) in [6.45, 7) is 9.23. The number of hydrogen-bond acceptors (Lipinski definition) is 1. The Balaban J connectivity index is 4.65. The van der Waals surface area contributed by atoms with E-state index < -0.39 is 8.32 Å². The van der Waals surface area contributed by atoms with Crippen LogP contribution in [0.5, 0.6) is 0 Å². The molecule has 0 N–H and O–H groups in total. The maximum atomic E-state index is 6.72. The molecule has 3 heteroatoms. The summed E-state index contributed by atoms with van der Waals surface area (Å²) in [6.07, 6.45) is 9.77. The van der Waals surface area contributed by atoms with Crippen molar-refractivity contribution >= 4 is 30.9 Å². The van der Waals surface area contributed by atoms with Crippen LogP contribution >= 0.6 is 22.6 Å². The topological polar surface area (TPSA) is 9.23 Å². The highest BCUT2D eigenvalue weighted by molar-refractivity contribution is 14.1. The molecule has 19 heavy (non-hydrogen) atoms. The summed E-state index contributed by atoms with van der Waals surface area (Å²) >= 11 is 2.48. The van der Waals surface area contributed by atoms with Crippen LogP contribution in [0.15, 0.2) is 0 Å². The molecule has 1 atom stereocenters. The molecule has 0 aliphatic rings. The molecule has 116 valence electrons. The van der Waals surface area contributed by atoms with E-state index in [1.165, 1.54) is 67.5 Å². The monoisotopic (exact) mass is 398 g/mol. The maximum Gasteiger partial charge on any atom is 0.193 e. The third-order valence-electron chi connectivity index (χ3n) is 3.92. The zero-order chi connectivity index (χ0) is 14.6. The second-order valence-electron chi connectivity index (χ2n) is 5.90. The highest BCUT2D eigenvalue weighted by Crippen LogP contribution is 2.31. The molecule has 0 saturated carbocycles. The van der Waals surface area contributed by atoms with Gasteiger partial charge < -0.3 is 4.43 Å². The van der Waals surface area contributed by atoms with Crippen molar-refractivity contribution in [3.05, 3.63) is 0 Å². The summed E-state index contributed by atoms with van der Waals surface area (Å²) in [5.41, 5.74) is 0. The highest BCUT2D eigenvalue weighted by atomic mass is 127. The lowest BCUT2D eigenvalue weighted by Crippen LogP contribution is -2.41. The SMILES string of the molecule is CCCC[Si](CCCC)(CCCC)O[C@H](C)CCI. The van der Waals surface area contributed by atoms with Crippen molar-refractivity contribution in [2.75, 3.05) is 4.43 Å². The van der Waals surface area contributed by atoms with Gasteiger partial charge in [-0.1, -0.05) is 81.9 Å². The van der Waals surface area contributed by atoms with Crippen LogP contribution in [0.3, 0.4) is 0 Å². The third kappa shape index (κ3) is 9.46. The lowest BCUT2D eigenvalue weighted by atomic mass is 10.3. The second-order valence-corrected chi connectivity index (χ2v) is 11.1. The van der Waals surface area contributed by atoms with Gasteiger partial charge in [-0.05, 0) is 31.5 Å². The van der Waals surface area contributed by atoms with E-state index in [-0.39, 0.29) is 0 Å². The Hall–Kier alpha value is 0.907. The van der Waals surface area contributed by atoms with Crippen molar-refractivity contribution < 1.29 is 4.43 Å². The van der Waals surface area contributed by atoms with Gasteiger partial charge in [0.15, 0.2) is 8.32 Å². The minimum absolute atomic E-state index is 0.481. The van der Waals surface area contributed by atoms with Crippen LogP contribution in [0, 0.1) is 0 Å². The standard InChI is InChI=1S/C16H35IOSi/c1-5-8-13-19(14-9-6-2,15-10-7-3)18-16(4)11-12-17/h16H,5-15H2,1-4H3/t16-/m1/s1. The third-order valence-corrected chi connectivity index (χ3v) is 9.24. The number of rotatable bonds is 13. The molecule has 0 bridgehead atoms. The van der Waals surface area contributed by atoms with E-state index in [0.717, 1.165) is 0 Å². The van der Waals surface area contributed by atoms with E-state index in [2.05, 4.69) is 50.3 Å². The zero-order valence-electron chi connectivity index (χ0n) is 13.6. The zero-order valence-corrected chi connectivity index (χ0v) is 16.8. The van der Waals surface area contributed by atoms with Crippen molar-refractivity contribution in [2.45, 2.75) is 96.9 Å². The van der Waals surface area contributed by atoms with Crippen molar-refractivity contribution in [1.82, 2.24) is 0 Å². The molecule has 0 radical (unpaired) electrons.